The zero-order valence-electron chi connectivity index (χ0n) is 10.1. The van der Waals surface area contributed by atoms with Crippen molar-refractivity contribution in [2.75, 3.05) is 5.32 Å². The van der Waals surface area contributed by atoms with Gasteiger partial charge in [-0.3, -0.25) is 14.8 Å². The molecule has 1 aromatic carbocycles. The van der Waals surface area contributed by atoms with Gasteiger partial charge in [-0.05, 0) is 36.4 Å². The van der Waals surface area contributed by atoms with Crippen molar-refractivity contribution in [1.29, 1.82) is 0 Å². The van der Waals surface area contributed by atoms with E-state index in [-0.39, 0.29) is 5.91 Å². The van der Waals surface area contributed by atoms with Crippen molar-refractivity contribution in [2.24, 2.45) is 0 Å². The van der Waals surface area contributed by atoms with E-state index in [1.54, 1.807) is 30.7 Å². The summed E-state index contributed by atoms with van der Waals surface area (Å²) < 4.78 is 0. The van der Waals surface area contributed by atoms with Crippen molar-refractivity contribution in [3.63, 3.8) is 0 Å². The fourth-order valence-electron chi connectivity index (χ4n) is 1.86. The molecule has 4 heteroatoms. The van der Waals surface area contributed by atoms with Gasteiger partial charge in [-0.25, -0.2) is 0 Å². The Morgan fingerprint density at radius 1 is 1.00 bits per heavy atom. The normalized spacial score (nSPS) is 10.3. The van der Waals surface area contributed by atoms with Crippen molar-refractivity contribution in [2.45, 2.75) is 0 Å². The predicted molar refractivity (Wildman–Crippen MR) is 73.9 cm³/mol. The number of carbonyl (C=O) groups excluding carboxylic acids is 1. The fraction of sp³-hybridized carbons (Fsp3) is 0. The van der Waals surface area contributed by atoms with Crippen molar-refractivity contribution < 1.29 is 4.79 Å². The summed E-state index contributed by atoms with van der Waals surface area (Å²) in [6.07, 6.45) is 4.94. The van der Waals surface area contributed by atoms with E-state index >= 15 is 0 Å². The highest BCUT2D eigenvalue weighted by molar-refractivity contribution is 6.04. The van der Waals surface area contributed by atoms with Gasteiger partial charge in [0.25, 0.3) is 5.91 Å². The smallest absolute Gasteiger partial charge is 0.255 e. The second kappa shape index (κ2) is 4.86. The number of hydrogen-bond acceptors (Lipinski definition) is 3. The lowest BCUT2D eigenvalue weighted by atomic mass is 10.2. The van der Waals surface area contributed by atoms with Gasteiger partial charge < -0.3 is 5.32 Å². The molecule has 0 aliphatic carbocycles. The largest absolute Gasteiger partial charge is 0.322 e. The molecule has 0 fully saturated rings. The zero-order chi connectivity index (χ0) is 13.1. The van der Waals surface area contributed by atoms with Gasteiger partial charge in [0.15, 0.2) is 0 Å². The molecule has 0 aliphatic heterocycles. The maximum atomic E-state index is 12.0. The topological polar surface area (TPSA) is 54.9 Å². The average molecular weight is 249 g/mol. The van der Waals surface area contributed by atoms with Crippen molar-refractivity contribution >= 4 is 22.5 Å². The first-order valence-corrected chi connectivity index (χ1v) is 5.89. The molecule has 0 unspecified atom stereocenters. The molecule has 0 radical (unpaired) electrons. The van der Waals surface area contributed by atoms with Crippen molar-refractivity contribution in [3.8, 4) is 0 Å². The highest BCUT2D eigenvalue weighted by Crippen LogP contribution is 2.17. The number of hydrogen-bond donors (Lipinski definition) is 1. The molecule has 1 N–H and O–H groups in total. The Labute approximate surface area is 110 Å². The third kappa shape index (κ3) is 2.42. The van der Waals surface area contributed by atoms with Crippen LogP contribution in [-0.2, 0) is 0 Å². The summed E-state index contributed by atoms with van der Waals surface area (Å²) in [6, 6.07) is 12.8. The molecular weight excluding hydrogens is 238 g/mol. The molecule has 0 aliphatic rings. The summed E-state index contributed by atoms with van der Waals surface area (Å²) in [6.45, 7) is 0. The van der Waals surface area contributed by atoms with Crippen LogP contribution < -0.4 is 5.32 Å². The number of pyridine rings is 2. The van der Waals surface area contributed by atoms with E-state index in [9.17, 15) is 4.79 Å². The molecule has 1 amide bonds. The van der Waals surface area contributed by atoms with Crippen molar-refractivity contribution in [3.05, 3.63) is 66.6 Å². The van der Waals surface area contributed by atoms with Crippen LogP contribution in [0.2, 0.25) is 0 Å². The molecule has 2 heterocycles. The lowest BCUT2D eigenvalue weighted by Gasteiger charge is -2.06. The summed E-state index contributed by atoms with van der Waals surface area (Å²) in [5.74, 6) is -0.148. The van der Waals surface area contributed by atoms with E-state index in [0.29, 0.717) is 5.56 Å². The maximum Gasteiger partial charge on any atom is 0.255 e. The summed E-state index contributed by atoms with van der Waals surface area (Å²) in [7, 11) is 0. The number of rotatable bonds is 2. The Bertz CT molecular complexity index is 726. The Morgan fingerprint density at radius 2 is 1.84 bits per heavy atom. The Hall–Kier alpha value is -2.75. The number of fused-ring (bicyclic) bond motifs is 1. The first kappa shape index (κ1) is 11.3. The number of aromatic nitrogens is 2. The minimum Gasteiger partial charge on any atom is -0.322 e. The Kier molecular flexibility index (Phi) is 2.90. The van der Waals surface area contributed by atoms with Gasteiger partial charge in [-0.15, -0.1) is 0 Å². The quantitative estimate of drug-likeness (QED) is 0.759. The number of benzene rings is 1. The van der Waals surface area contributed by atoms with Crippen LogP contribution in [0.1, 0.15) is 10.4 Å². The van der Waals surface area contributed by atoms with Gasteiger partial charge in [-0.2, -0.15) is 0 Å². The van der Waals surface area contributed by atoms with Gasteiger partial charge >= 0.3 is 0 Å². The van der Waals surface area contributed by atoms with Gasteiger partial charge in [0.05, 0.1) is 5.52 Å². The van der Waals surface area contributed by atoms with Crippen LogP contribution in [0.25, 0.3) is 10.9 Å². The lowest BCUT2D eigenvalue weighted by Crippen LogP contribution is -2.11. The second-order valence-electron chi connectivity index (χ2n) is 4.10. The lowest BCUT2D eigenvalue weighted by molar-refractivity contribution is 0.102. The van der Waals surface area contributed by atoms with E-state index in [2.05, 4.69) is 15.3 Å². The molecule has 92 valence electrons. The molecule has 19 heavy (non-hydrogen) atoms. The molecule has 0 bridgehead atoms. The molecule has 0 spiro atoms. The number of carbonyl (C=O) groups is 1. The summed E-state index contributed by atoms with van der Waals surface area (Å²) in [5, 5.41) is 3.85. The molecule has 3 rings (SSSR count). The second-order valence-corrected chi connectivity index (χ2v) is 4.10. The average Bonchev–Trinajstić information content (AvgIpc) is 2.48. The van der Waals surface area contributed by atoms with Crippen LogP contribution in [-0.4, -0.2) is 15.9 Å². The summed E-state index contributed by atoms with van der Waals surface area (Å²) in [5.41, 5.74) is 2.24. The monoisotopic (exact) mass is 249 g/mol. The molecular formula is C15H11N3O. The molecule has 4 nitrogen and oxygen atoms in total. The predicted octanol–water partition coefficient (Wildman–Crippen LogP) is 2.88. The fourth-order valence-corrected chi connectivity index (χ4v) is 1.86. The van der Waals surface area contributed by atoms with Gasteiger partial charge in [0.1, 0.15) is 0 Å². The maximum absolute atomic E-state index is 12.0. The Morgan fingerprint density at radius 3 is 2.68 bits per heavy atom. The number of anilines is 1. The molecule has 2 aromatic heterocycles. The van der Waals surface area contributed by atoms with Crippen LogP contribution in [0.4, 0.5) is 5.69 Å². The highest BCUT2D eigenvalue weighted by atomic mass is 16.1. The summed E-state index contributed by atoms with van der Waals surface area (Å²) in [4.78, 5) is 20.1. The molecule has 3 aromatic rings. The van der Waals surface area contributed by atoms with E-state index < -0.39 is 0 Å². The molecule has 0 saturated carbocycles. The van der Waals surface area contributed by atoms with E-state index in [0.717, 1.165) is 16.6 Å². The Balaban J connectivity index is 1.87. The zero-order valence-corrected chi connectivity index (χ0v) is 10.1. The van der Waals surface area contributed by atoms with Crippen LogP contribution in [0.3, 0.4) is 0 Å². The van der Waals surface area contributed by atoms with Crippen molar-refractivity contribution in [1.82, 2.24) is 9.97 Å². The van der Waals surface area contributed by atoms with Gasteiger partial charge in [-0.1, -0.05) is 6.07 Å². The highest BCUT2D eigenvalue weighted by Gasteiger charge is 2.05. The molecule has 0 atom stereocenters. The van der Waals surface area contributed by atoms with Crippen LogP contribution in [0.15, 0.2) is 61.1 Å². The number of nitrogens with zero attached hydrogens (tertiary/aromatic N) is 2. The summed E-state index contributed by atoms with van der Waals surface area (Å²) >= 11 is 0. The number of nitrogens with one attached hydrogen (secondary N) is 1. The minimum absolute atomic E-state index is 0.148. The van der Waals surface area contributed by atoms with Crippen LogP contribution in [0.5, 0.6) is 0 Å². The van der Waals surface area contributed by atoms with Gasteiger partial charge in [0, 0.05) is 35.2 Å². The van der Waals surface area contributed by atoms with Gasteiger partial charge in [0.2, 0.25) is 0 Å². The number of amides is 1. The minimum atomic E-state index is -0.148. The van der Waals surface area contributed by atoms with Crippen LogP contribution >= 0.6 is 0 Å². The first-order chi connectivity index (χ1) is 9.33. The SMILES string of the molecule is O=C(Nc1ccc2ncccc2c1)c1ccncc1. The van der Waals surface area contributed by atoms with Crippen LogP contribution in [0, 0.1) is 0 Å². The van der Waals surface area contributed by atoms with E-state index in [1.807, 2.05) is 30.3 Å². The molecule has 0 saturated heterocycles. The third-order valence-electron chi connectivity index (χ3n) is 2.80. The third-order valence-corrected chi connectivity index (χ3v) is 2.80. The first-order valence-electron chi connectivity index (χ1n) is 5.89. The van der Waals surface area contributed by atoms with E-state index in [1.165, 1.54) is 0 Å². The van der Waals surface area contributed by atoms with E-state index in [4.69, 9.17) is 0 Å². The standard InChI is InChI=1S/C15H11N3O/c19-15(11-5-8-16-9-6-11)18-13-3-4-14-12(10-13)2-1-7-17-14/h1-10H,(H,18,19).